The van der Waals surface area contributed by atoms with Crippen LogP contribution in [0.2, 0.25) is 0 Å². The van der Waals surface area contributed by atoms with Crippen LogP contribution in [0.5, 0.6) is 0 Å². The number of aromatic nitrogens is 2. The van der Waals surface area contributed by atoms with Crippen molar-refractivity contribution in [2.45, 2.75) is 12.5 Å². The molecule has 0 aliphatic carbocycles. The Morgan fingerprint density at radius 1 is 1.32 bits per heavy atom. The van der Waals surface area contributed by atoms with Crippen molar-refractivity contribution in [2.75, 3.05) is 19.8 Å². The molecular formula is C17H20FN3O. The van der Waals surface area contributed by atoms with Crippen molar-refractivity contribution < 1.29 is 9.13 Å². The quantitative estimate of drug-likeness (QED) is 0.863. The van der Waals surface area contributed by atoms with Gasteiger partial charge in [0.15, 0.2) is 0 Å². The van der Waals surface area contributed by atoms with Gasteiger partial charge in [-0.05, 0) is 29.7 Å². The fraction of sp³-hybridized carbons (Fsp3) is 0.353. The molecule has 0 bridgehead atoms. The number of nitrogens with one attached hydrogen (secondary N) is 1. The van der Waals surface area contributed by atoms with Crippen molar-refractivity contribution in [2.24, 2.45) is 7.05 Å². The summed E-state index contributed by atoms with van der Waals surface area (Å²) in [6.07, 6.45) is 7.01. The van der Waals surface area contributed by atoms with E-state index in [2.05, 4.69) is 16.5 Å². The van der Waals surface area contributed by atoms with Crippen LogP contribution in [0.15, 0.2) is 48.3 Å². The summed E-state index contributed by atoms with van der Waals surface area (Å²) in [6.45, 7) is 2.22. The van der Waals surface area contributed by atoms with Crippen molar-refractivity contribution in [1.82, 2.24) is 15.1 Å². The Hall–Kier alpha value is -1.98. The number of aryl methyl sites for hydroxylation is 1. The van der Waals surface area contributed by atoms with Gasteiger partial charge in [0.1, 0.15) is 5.82 Å². The molecule has 2 aromatic rings. The summed E-state index contributed by atoms with van der Waals surface area (Å²) in [7, 11) is 1.89. The van der Waals surface area contributed by atoms with Gasteiger partial charge in [-0.2, -0.15) is 5.10 Å². The highest BCUT2D eigenvalue weighted by Gasteiger charge is 2.16. The van der Waals surface area contributed by atoms with Crippen LogP contribution >= 0.6 is 0 Å². The lowest BCUT2D eigenvalue weighted by Gasteiger charge is -2.21. The lowest BCUT2D eigenvalue weighted by atomic mass is 10.0. The average molecular weight is 301 g/mol. The molecule has 0 fully saturated rings. The number of benzene rings is 1. The first-order chi connectivity index (χ1) is 10.7. The Labute approximate surface area is 129 Å². The number of nitrogens with zero attached hydrogens (tertiary/aromatic N) is 2. The highest BCUT2D eigenvalue weighted by Crippen LogP contribution is 2.22. The lowest BCUT2D eigenvalue weighted by molar-refractivity contribution is 0.148. The second-order valence-corrected chi connectivity index (χ2v) is 5.52. The maximum atomic E-state index is 13.2. The highest BCUT2D eigenvalue weighted by atomic mass is 19.1. The normalized spacial score (nSPS) is 16.4. The molecule has 0 amide bonds. The molecule has 4 nitrogen and oxygen atoms in total. The largest absolute Gasteiger partial charge is 0.377 e. The van der Waals surface area contributed by atoms with Crippen molar-refractivity contribution in [3.05, 3.63) is 65.3 Å². The molecule has 1 N–H and O–H groups in total. The van der Waals surface area contributed by atoms with Crippen LogP contribution in [-0.2, 0) is 11.8 Å². The zero-order chi connectivity index (χ0) is 15.4. The Bertz CT molecular complexity index is 648. The first-order valence-corrected chi connectivity index (χ1v) is 7.45. The molecule has 2 heterocycles. The summed E-state index contributed by atoms with van der Waals surface area (Å²) in [5, 5.41) is 7.77. The molecule has 1 aromatic carbocycles. The van der Waals surface area contributed by atoms with Crippen LogP contribution in [0.25, 0.3) is 0 Å². The van der Waals surface area contributed by atoms with Gasteiger partial charge in [-0.15, -0.1) is 0 Å². The highest BCUT2D eigenvalue weighted by molar-refractivity contribution is 5.30. The Morgan fingerprint density at radius 3 is 2.77 bits per heavy atom. The van der Waals surface area contributed by atoms with E-state index in [1.165, 1.54) is 17.7 Å². The molecule has 116 valence electrons. The van der Waals surface area contributed by atoms with Crippen LogP contribution in [0.4, 0.5) is 4.39 Å². The maximum absolute atomic E-state index is 13.2. The van der Waals surface area contributed by atoms with Gasteiger partial charge in [-0.25, -0.2) is 4.39 Å². The second kappa shape index (κ2) is 6.85. The number of hydrogen-bond donors (Lipinski definition) is 1. The number of halogens is 1. The van der Waals surface area contributed by atoms with Crippen molar-refractivity contribution >= 4 is 0 Å². The van der Waals surface area contributed by atoms with Gasteiger partial charge in [0, 0.05) is 25.4 Å². The lowest BCUT2D eigenvalue weighted by Crippen LogP contribution is -2.26. The van der Waals surface area contributed by atoms with Gasteiger partial charge < -0.3 is 10.1 Å². The van der Waals surface area contributed by atoms with Gasteiger partial charge in [-0.3, -0.25) is 4.68 Å². The number of ether oxygens (including phenoxy) is 1. The van der Waals surface area contributed by atoms with E-state index < -0.39 is 0 Å². The summed E-state index contributed by atoms with van der Waals surface area (Å²) >= 11 is 0. The van der Waals surface area contributed by atoms with E-state index in [0.717, 1.165) is 30.7 Å². The minimum atomic E-state index is -0.225. The maximum Gasteiger partial charge on any atom is 0.123 e. The monoisotopic (exact) mass is 301 g/mol. The van der Waals surface area contributed by atoms with Crippen molar-refractivity contribution in [1.29, 1.82) is 0 Å². The molecule has 0 saturated heterocycles. The Morgan fingerprint density at radius 2 is 2.14 bits per heavy atom. The zero-order valence-corrected chi connectivity index (χ0v) is 12.6. The summed E-state index contributed by atoms with van der Waals surface area (Å²) in [4.78, 5) is 0. The number of rotatable bonds is 5. The van der Waals surface area contributed by atoms with Gasteiger partial charge in [0.05, 0.1) is 25.5 Å². The van der Waals surface area contributed by atoms with Crippen LogP contribution in [0.1, 0.15) is 23.6 Å². The fourth-order valence-corrected chi connectivity index (χ4v) is 2.64. The third kappa shape index (κ3) is 3.61. The molecule has 1 aliphatic rings. The van der Waals surface area contributed by atoms with Crippen molar-refractivity contribution in [3.8, 4) is 0 Å². The minimum absolute atomic E-state index is 0.0165. The van der Waals surface area contributed by atoms with E-state index in [-0.39, 0.29) is 11.9 Å². The topological polar surface area (TPSA) is 39.1 Å². The van der Waals surface area contributed by atoms with Gasteiger partial charge in [0.25, 0.3) is 0 Å². The van der Waals surface area contributed by atoms with Crippen LogP contribution in [-0.4, -0.2) is 29.5 Å². The van der Waals surface area contributed by atoms with E-state index in [0.29, 0.717) is 6.61 Å². The fourth-order valence-electron chi connectivity index (χ4n) is 2.64. The SMILES string of the molecule is Cn1cc([C@@H](NCC2=CCCOC2)c2ccc(F)cc2)cn1. The first-order valence-electron chi connectivity index (χ1n) is 7.45. The van der Waals surface area contributed by atoms with E-state index in [4.69, 9.17) is 4.74 Å². The average Bonchev–Trinajstić information content (AvgIpc) is 2.97. The molecule has 0 radical (unpaired) electrons. The third-order valence-corrected chi connectivity index (χ3v) is 3.78. The molecule has 1 aliphatic heterocycles. The van der Waals surface area contributed by atoms with Gasteiger partial charge >= 0.3 is 0 Å². The van der Waals surface area contributed by atoms with Crippen molar-refractivity contribution in [3.63, 3.8) is 0 Å². The third-order valence-electron chi connectivity index (χ3n) is 3.78. The van der Waals surface area contributed by atoms with E-state index in [9.17, 15) is 4.39 Å². The van der Waals surface area contributed by atoms with E-state index in [1.54, 1.807) is 4.68 Å². The molecule has 3 rings (SSSR count). The molecule has 1 atom stereocenters. The smallest absolute Gasteiger partial charge is 0.123 e. The molecule has 22 heavy (non-hydrogen) atoms. The Balaban J connectivity index is 1.79. The molecule has 0 unspecified atom stereocenters. The Kier molecular flexibility index (Phi) is 4.65. The molecule has 5 heteroatoms. The van der Waals surface area contributed by atoms with Crippen LogP contribution in [0.3, 0.4) is 0 Å². The van der Waals surface area contributed by atoms with Gasteiger partial charge in [-0.1, -0.05) is 18.2 Å². The predicted octanol–water partition coefficient (Wildman–Crippen LogP) is 2.58. The molecule has 0 saturated carbocycles. The second-order valence-electron chi connectivity index (χ2n) is 5.52. The molecule has 1 aromatic heterocycles. The summed E-state index contributed by atoms with van der Waals surface area (Å²) in [5.41, 5.74) is 3.33. The van der Waals surface area contributed by atoms with Crippen LogP contribution < -0.4 is 5.32 Å². The zero-order valence-electron chi connectivity index (χ0n) is 12.6. The minimum Gasteiger partial charge on any atom is -0.377 e. The summed E-state index contributed by atoms with van der Waals surface area (Å²) < 4.78 is 20.4. The predicted molar refractivity (Wildman–Crippen MR) is 83.0 cm³/mol. The summed E-state index contributed by atoms with van der Waals surface area (Å²) in [6, 6.07) is 6.58. The standard InChI is InChI=1S/C17H20FN3O/c1-21-11-15(10-20-21)17(14-4-6-16(18)7-5-14)19-9-13-3-2-8-22-12-13/h3-7,10-11,17,19H,2,8-9,12H2,1H3/t17-/m0/s1. The van der Waals surface area contributed by atoms with Gasteiger partial charge in [0.2, 0.25) is 0 Å². The molecule has 0 spiro atoms. The number of hydrogen-bond acceptors (Lipinski definition) is 3. The van der Waals surface area contributed by atoms with E-state index >= 15 is 0 Å². The van der Waals surface area contributed by atoms with E-state index in [1.807, 2.05) is 31.6 Å². The molecular weight excluding hydrogens is 281 g/mol. The van der Waals surface area contributed by atoms with Crippen LogP contribution in [0, 0.1) is 5.82 Å². The summed E-state index contributed by atoms with van der Waals surface area (Å²) in [5.74, 6) is -0.225. The first kappa shape index (κ1) is 14.9.